The van der Waals surface area contributed by atoms with Crippen molar-refractivity contribution in [2.75, 3.05) is 0 Å². The Kier molecular flexibility index (Phi) is 7.71. The molecule has 0 saturated heterocycles. The van der Waals surface area contributed by atoms with E-state index in [9.17, 15) is 14.4 Å². The van der Waals surface area contributed by atoms with E-state index >= 15 is 0 Å². The summed E-state index contributed by atoms with van der Waals surface area (Å²) in [6.45, 7) is 13.1. The average molecular weight is 497 g/mol. The van der Waals surface area contributed by atoms with Gasteiger partial charge >= 0.3 is 12.3 Å². The first-order valence-corrected chi connectivity index (χ1v) is 11.9. The molecule has 9 nitrogen and oxygen atoms in total. The van der Waals surface area contributed by atoms with Crippen molar-refractivity contribution in [3.05, 3.63) is 56.9 Å². The minimum atomic E-state index is -1.43. The van der Waals surface area contributed by atoms with E-state index in [1.165, 1.54) is 0 Å². The number of carbonyl (C=O) groups excluding carboxylic acids is 1. The van der Waals surface area contributed by atoms with Crippen molar-refractivity contribution in [2.45, 2.75) is 73.6 Å². The van der Waals surface area contributed by atoms with Gasteiger partial charge in [-0.2, -0.15) is 0 Å². The second-order valence-corrected chi connectivity index (χ2v) is 9.15. The van der Waals surface area contributed by atoms with Crippen LogP contribution in [0.5, 0.6) is 5.75 Å². The zero-order valence-electron chi connectivity index (χ0n) is 21.7. The van der Waals surface area contributed by atoms with Crippen LogP contribution in [0.3, 0.4) is 0 Å². The van der Waals surface area contributed by atoms with Crippen LogP contribution in [0.1, 0.15) is 63.8 Å². The largest absolute Gasteiger partial charge is 0.514 e. The summed E-state index contributed by atoms with van der Waals surface area (Å²) in [7, 11) is 0. The fraction of sp³-hybridized carbons (Fsp3) is 0.407. The van der Waals surface area contributed by atoms with E-state index in [0.717, 1.165) is 22.2 Å². The van der Waals surface area contributed by atoms with Crippen molar-refractivity contribution < 1.29 is 28.9 Å². The number of hydrogen-bond donors (Lipinski definition) is 1. The molecule has 0 saturated carbocycles. The lowest BCUT2D eigenvalue weighted by atomic mass is 9.98. The molecule has 1 aromatic carbocycles. The Balaban J connectivity index is 0.00000176. The molecule has 3 heterocycles. The van der Waals surface area contributed by atoms with Crippen molar-refractivity contribution in [1.82, 2.24) is 9.55 Å². The van der Waals surface area contributed by atoms with Crippen molar-refractivity contribution in [1.29, 1.82) is 0 Å². The van der Waals surface area contributed by atoms with Gasteiger partial charge in [-0.15, -0.1) is 0 Å². The Labute approximate surface area is 209 Å². The van der Waals surface area contributed by atoms with Crippen LogP contribution in [0, 0.1) is 6.92 Å². The highest BCUT2D eigenvalue weighted by molar-refractivity contribution is 5.89. The molecule has 0 spiro atoms. The summed E-state index contributed by atoms with van der Waals surface area (Å²) in [5.74, 6) is 0.342. The number of aryl methyl sites for hydroxylation is 2. The van der Waals surface area contributed by atoms with Crippen LogP contribution in [0.2, 0.25) is 0 Å². The molecule has 1 N–H and O–H groups in total. The highest BCUT2D eigenvalue weighted by Crippen LogP contribution is 2.37. The molecule has 4 rings (SSSR count). The molecular formula is C27H32N2O7. The van der Waals surface area contributed by atoms with E-state index in [0.29, 0.717) is 41.1 Å². The number of ether oxygens (including phenoxy) is 3. The van der Waals surface area contributed by atoms with Gasteiger partial charge in [-0.05, 0) is 69.5 Å². The van der Waals surface area contributed by atoms with E-state index in [1.54, 1.807) is 50.5 Å². The molecule has 0 radical (unpaired) electrons. The summed E-state index contributed by atoms with van der Waals surface area (Å²) >= 11 is 0. The number of benzene rings is 1. The first-order valence-electron chi connectivity index (χ1n) is 11.9. The van der Waals surface area contributed by atoms with Crippen LogP contribution < -0.4 is 10.3 Å². The second-order valence-electron chi connectivity index (χ2n) is 9.15. The molecule has 1 aliphatic heterocycles. The van der Waals surface area contributed by atoms with E-state index in [-0.39, 0.29) is 12.2 Å². The van der Waals surface area contributed by atoms with Crippen molar-refractivity contribution in [3.63, 3.8) is 0 Å². The first kappa shape index (κ1) is 26.7. The molecule has 3 aromatic rings. The zero-order valence-corrected chi connectivity index (χ0v) is 21.7. The van der Waals surface area contributed by atoms with Gasteiger partial charge < -0.3 is 23.9 Å². The number of carbonyl (C=O) groups is 2. The molecule has 2 aromatic heterocycles. The average Bonchev–Trinajstić information content (AvgIpc) is 3.15. The van der Waals surface area contributed by atoms with Crippen LogP contribution in [0.15, 0.2) is 29.1 Å². The number of fused-ring (bicyclic) bond motifs is 4. The Morgan fingerprint density at radius 1 is 1.14 bits per heavy atom. The van der Waals surface area contributed by atoms with Gasteiger partial charge in [0.2, 0.25) is 0 Å². The van der Waals surface area contributed by atoms with E-state index in [2.05, 4.69) is 4.74 Å². The Hall–Kier alpha value is -3.88. The van der Waals surface area contributed by atoms with Gasteiger partial charge in [0.25, 0.3) is 5.56 Å². The maximum Gasteiger partial charge on any atom is 0.514 e. The number of aromatic nitrogens is 2. The van der Waals surface area contributed by atoms with Gasteiger partial charge in [0.05, 0.1) is 29.0 Å². The molecule has 0 unspecified atom stereocenters. The predicted octanol–water partition coefficient (Wildman–Crippen LogP) is 5.83. The molecule has 9 heteroatoms. The number of rotatable bonds is 4. The monoisotopic (exact) mass is 496 g/mol. The van der Waals surface area contributed by atoms with Gasteiger partial charge in [-0.25, -0.2) is 14.6 Å². The third-order valence-corrected chi connectivity index (χ3v) is 5.64. The van der Waals surface area contributed by atoms with E-state index in [1.807, 2.05) is 26.8 Å². The van der Waals surface area contributed by atoms with Crippen LogP contribution >= 0.6 is 0 Å². The first-order chi connectivity index (χ1) is 17.0. The lowest BCUT2D eigenvalue weighted by molar-refractivity contribution is 0.0206. The molecule has 36 heavy (non-hydrogen) atoms. The molecule has 0 fully saturated rings. The SMILES string of the molecule is CC.CCc1c2c(nc3ccc(OC(=O)OC(C)(C)C)cc13)-c1cc(C)c(COC(=O)O)c(=O)n1C2. The van der Waals surface area contributed by atoms with E-state index in [4.69, 9.17) is 19.6 Å². The topological polar surface area (TPSA) is 117 Å². The normalized spacial score (nSPS) is 11.8. The third-order valence-electron chi connectivity index (χ3n) is 5.64. The number of hydrogen-bond acceptors (Lipinski definition) is 7. The van der Waals surface area contributed by atoms with Gasteiger partial charge in [-0.3, -0.25) is 4.79 Å². The summed E-state index contributed by atoms with van der Waals surface area (Å²) < 4.78 is 16.8. The summed E-state index contributed by atoms with van der Waals surface area (Å²) in [4.78, 5) is 40.9. The lowest BCUT2D eigenvalue weighted by Gasteiger charge is -2.19. The Morgan fingerprint density at radius 2 is 1.83 bits per heavy atom. The maximum absolute atomic E-state index is 13.1. The molecule has 0 bridgehead atoms. The van der Waals surface area contributed by atoms with Gasteiger partial charge in [0.1, 0.15) is 18.0 Å². The fourth-order valence-electron chi connectivity index (χ4n) is 4.20. The minimum Gasteiger partial charge on any atom is -0.450 e. The molecule has 0 aliphatic carbocycles. The Morgan fingerprint density at radius 3 is 2.44 bits per heavy atom. The highest BCUT2D eigenvalue weighted by atomic mass is 16.7. The van der Waals surface area contributed by atoms with Gasteiger partial charge in [0, 0.05) is 10.9 Å². The molecule has 192 valence electrons. The van der Waals surface area contributed by atoms with Crippen LogP contribution in [-0.4, -0.2) is 32.6 Å². The summed E-state index contributed by atoms with van der Waals surface area (Å²) in [5.41, 5.74) is 4.00. The van der Waals surface area contributed by atoms with E-state index < -0.39 is 17.9 Å². The third kappa shape index (κ3) is 5.35. The highest BCUT2D eigenvalue weighted by Gasteiger charge is 2.27. The number of carboxylic acid groups (broad SMARTS) is 1. The summed E-state index contributed by atoms with van der Waals surface area (Å²) in [5, 5.41) is 9.65. The quantitative estimate of drug-likeness (QED) is 0.277. The van der Waals surface area contributed by atoms with Crippen LogP contribution in [0.25, 0.3) is 22.3 Å². The second kappa shape index (κ2) is 10.4. The van der Waals surface area contributed by atoms with Gasteiger partial charge in [0.15, 0.2) is 0 Å². The summed E-state index contributed by atoms with van der Waals surface area (Å²) in [6, 6.07) is 7.03. The van der Waals surface area contributed by atoms with Crippen LogP contribution in [-0.2, 0) is 29.0 Å². The minimum absolute atomic E-state index is 0.297. The Bertz CT molecular complexity index is 1380. The smallest absolute Gasteiger partial charge is 0.450 e. The maximum atomic E-state index is 13.1. The van der Waals surface area contributed by atoms with Gasteiger partial charge in [-0.1, -0.05) is 20.8 Å². The van der Waals surface area contributed by atoms with Crippen molar-refractivity contribution in [2.24, 2.45) is 0 Å². The fourth-order valence-corrected chi connectivity index (χ4v) is 4.20. The summed E-state index contributed by atoms with van der Waals surface area (Å²) in [6.07, 6.45) is -1.55. The standard InChI is InChI=1S/C25H26N2O7.C2H6/c1-6-15-16-10-14(33-24(31)34-25(3,4)5)7-8-19(16)26-21-17(15)11-27-20(21)9-13(2)18(22(27)28)12-32-23(29)30;1-2/h7-10H,6,11-12H2,1-5H3,(H,29,30);1-2H3. The van der Waals surface area contributed by atoms with Crippen molar-refractivity contribution >= 4 is 23.2 Å². The molecule has 0 atom stereocenters. The molecule has 0 amide bonds. The van der Waals surface area contributed by atoms with Crippen molar-refractivity contribution in [3.8, 4) is 17.1 Å². The number of pyridine rings is 2. The molecular weight excluding hydrogens is 464 g/mol. The lowest BCUT2D eigenvalue weighted by Crippen LogP contribution is -2.25. The number of nitrogens with zero attached hydrogens (tertiary/aromatic N) is 2. The van der Waals surface area contributed by atoms with Crippen LogP contribution in [0.4, 0.5) is 9.59 Å². The predicted molar refractivity (Wildman–Crippen MR) is 136 cm³/mol. The molecule has 1 aliphatic rings. The zero-order chi connectivity index (χ0) is 26.8.